The number of hydrogen-bond donors (Lipinski definition) is 1. The van der Waals surface area contributed by atoms with Crippen LogP contribution in [0.25, 0.3) is 22.2 Å². The second kappa shape index (κ2) is 9.72. The van der Waals surface area contributed by atoms with Crippen LogP contribution in [0.1, 0.15) is 82.1 Å². The molecule has 0 fully saturated rings. The fraction of sp³-hybridized carbons (Fsp3) is 0.522. The summed E-state index contributed by atoms with van der Waals surface area (Å²) in [6.45, 7) is 6.76. The summed E-state index contributed by atoms with van der Waals surface area (Å²) < 4.78 is 7.48. The highest BCUT2D eigenvalue weighted by molar-refractivity contribution is 6.08. The maximum atomic E-state index is 12.9. The Morgan fingerprint density at radius 3 is 2.41 bits per heavy atom. The number of ether oxygens (including phenoxy) is 1. The number of esters is 1. The zero-order valence-electron chi connectivity index (χ0n) is 17.8. The van der Waals surface area contributed by atoms with Crippen molar-refractivity contribution in [1.82, 2.24) is 14.5 Å². The molecule has 6 heteroatoms. The van der Waals surface area contributed by atoms with E-state index in [4.69, 9.17) is 20.4 Å². The van der Waals surface area contributed by atoms with Gasteiger partial charge in [-0.2, -0.15) is 0 Å². The number of aromatic nitrogens is 3. The molecule has 0 saturated carbocycles. The highest BCUT2D eigenvalue weighted by Gasteiger charge is 2.26. The van der Waals surface area contributed by atoms with Crippen LogP contribution in [0.3, 0.4) is 0 Å². The summed E-state index contributed by atoms with van der Waals surface area (Å²) in [7, 11) is 0. The Kier molecular flexibility index (Phi) is 7.07. The van der Waals surface area contributed by atoms with Gasteiger partial charge in [0.25, 0.3) is 0 Å². The molecule has 0 saturated heterocycles. The topological polar surface area (TPSA) is 83.0 Å². The van der Waals surface area contributed by atoms with Crippen LogP contribution in [-0.4, -0.2) is 27.1 Å². The monoisotopic (exact) mass is 396 g/mol. The van der Waals surface area contributed by atoms with Gasteiger partial charge >= 0.3 is 5.97 Å². The minimum Gasteiger partial charge on any atom is -0.462 e. The van der Waals surface area contributed by atoms with E-state index in [1.807, 2.05) is 28.8 Å². The molecular weight excluding hydrogens is 364 g/mol. The summed E-state index contributed by atoms with van der Waals surface area (Å²) in [6.07, 6.45) is 7.72. The van der Waals surface area contributed by atoms with E-state index in [9.17, 15) is 4.79 Å². The molecule has 0 aliphatic heterocycles. The van der Waals surface area contributed by atoms with E-state index in [0.29, 0.717) is 29.2 Å². The quantitative estimate of drug-likeness (QED) is 0.353. The minimum absolute atomic E-state index is 0.105. The van der Waals surface area contributed by atoms with Crippen LogP contribution in [0.4, 0.5) is 5.82 Å². The molecule has 0 radical (unpaired) electrons. The van der Waals surface area contributed by atoms with Gasteiger partial charge in [0.2, 0.25) is 0 Å². The number of nitrogen functional groups attached to an aromatic ring is 1. The number of nitrogens with zero attached hydrogens (tertiary/aromatic N) is 3. The number of fused-ring (bicyclic) bond motifs is 2. The van der Waals surface area contributed by atoms with E-state index in [-0.39, 0.29) is 6.04 Å². The second-order valence-corrected chi connectivity index (χ2v) is 7.68. The maximum Gasteiger partial charge on any atom is 0.344 e. The Morgan fingerprint density at radius 2 is 1.72 bits per heavy atom. The van der Waals surface area contributed by atoms with Gasteiger partial charge in [-0.15, -0.1) is 0 Å². The lowest BCUT2D eigenvalue weighted by atomic mass is 10.1. The van der Waals surface area contributed by atoms with E-state index >= 15 is 0 Å². The molecule has 156 valence electrons. The van der Waals surface area contributed by atoms with Gasteiger partial charge < -0.3 is 15.0 Å². The van der Waals surface area contributed by atoms with Crippen LogP contribution in [0.15, 0.2) is 24.3 Å². The van der Waals surface area contributed by atoms with Crippen molar-refractivity contribution in [3.8, 4) is 0 Å². The summed E-state index contributed by atoms with van der Waals surface area (Å²) >= 11 is 0. The Balaban J connectivity index is 1.87. The van der Waals surface area contributed by atoms with Crippen molar-refractivity contribution in [2.75, 3.05) is 12.3 Å². The fourth-order valence-electron chi connectivity index (χ4n) is 3.63. The molecule has 0 amide bonds. The Bertz CT molecular complexity index is 980. The highest BCUT2D eigenvalue weighted by atomic mass is 16.5. The molecule has 2 aromatic heterocycles. The lowest BCUT2D eigenvalue weighted by Crippen LogP contribution is -2.12. The molecule has 0 unspecified atom stereocenters. The summed E-state index contributed by atoms with van der Waals surface area (Å²) in [5.74, 6) is -0.0229. The number of benzene rings is 1. The summed E-state index contributed by atoms with van der Waals surface area (Å²) in [5.41, 5.74) is 9.45. The first kappa shape index (κ1) is 21.1. The molecule has 0 spiro atoms. The molecule has 3 aromatic rings. The van der Waals surface area contributed by atoms with Gasteiger partial charge in [-0.25, -0.2) is 14.8 Å². The van der Waals surface area contributed by atoms with Crippen LogP contribution in [0.2, 0.25) is 0 Å². The first-order chi connectivity index (χ1) is 14.1. The van der Waals surface area contributed by atoms with Gasteiger partial charge in [-0.1, -0.05) is 58.1 Å². The third kappa shape index (κ3) is 4.52. The number of carbonyl (C=O) groups is 1. The van der Waals surface area contributed by atoms with E-state index < -0.39 is 5.97 Å². The van der Waals surface area contributed by atoms with Crippen LogP contribution in [-0.2, 0) is 4.74 Å². The van der Waals surface area contributed by atoms with Crippen LogP contribution >= 0.6 is 0 Å². The fourth-order valence-corrected chi connectivity index (χ4v) is 3.63. The van der Waals surface area contributed by atoms with Crippen LogP contribution in [0, 0.1) is 0 Å². The Labute approximate surface area is 172 Å². The second-order valence-electron chi connectivity index (χ2n) is 7.68. The Hall–Kier alpha value is -2.63. The van der Waals surface area contributed by atoms with Crippen molar-refractivity contribution < 1.29 is 9.53 Å². The molecule has 6 nitrogen and oxygen atoms in total. The van der Waals surface area contributed by atoms with Gasteiger partial charge in [0, 0.05) is 6.04 Å². The van der Waals surface area contributed by atoms with Crippen molar-refractivity contribution in [1.29, 1.82) is 0 Å². The zero-order chi connectivity index (χ0) is 20.8. The zero-order valence-corrected chi connectivity index (χ0v) is 17.8. The lowest BCUT2D eigenvalue weighted by molar-refractivity contribution is 0.0501. The molecule has 29 heavy (non-hydrogen) atoms. The van der Waals surface area contributed by atoms with Gasteiger partial charge in [-0.05, 0) is 31.9 Å². The predicted octanol–water partition coefficient (Wildman–Crippen LogP) is 5.66. The molecule has 2 N–H and O–H groups in total. The predicted molar refractivity (Wildman–Crippen MR) is 118 cm³/mol. The molecule has 2 heterocycles. The van der Waals surface area contributed by atoms with E-state index in [1.54, 1.807) is 0 Å². The average Bonchev–Trinajstić information content (AvgIpc) is 3.01. The number of nitrogens with two attached hydrogens (primary N) is 1. The number of para-hydroxylation sites is 2. The van der Waals surface area contributed by atoms with Gasteiger partial charge in [0.05, 0.1) is 17.6 Å². The SMILES string of the molecule is CCCCCCCCOC(=O)c1c(N)n([C@H](C)CC)c2nc3ccccc3nc12. The Morgan fingerprint density at radius 1 is 1.07 bits per heavy atom. The minimum atomic E-state index is -0.410. The molecule has 3 rings (SSSR count). The van der Waals surface area contributed by atoms with E-state index in [2.05, 4.69) is 20.8 Å². The van der Waals surface area contributed by atoms with Gasteiger partial charge in [0.15, 0.2) is 5.65 Å². The molecule has 1 atom stereocenters. The van der Waals surface area contributed by atoms with Crippen LogP contribution < -0.4 is 5.73 Å². The molecule has 0 aliphatic carbocycles. The average molecular weight is 397 g/mol. The number of anilines is 1. The third-order valence-corrected chi connectivity index (χ3v) is 5.50. The van der Waals surface area contributed by atoms with Gasteiger partial charge in [0.1, 0.15) is 16.9 Å². The maximum absolute atomic E-state index is 12.9. The van der Waals surface area contributed by atoms with Crippen molar-refractivity contribution in [2.45, 2.75) is 71.8 Å². The van der Waals surface area contributed by atoms with Crippen molar-refractivity contribution in [3.05, 3.63) is 29.8 Å². The third-order valence-electron chi connectivity index (χ3n) is 5.50. The number of hydrogen-bond acceptors (Lipinski definition) is 5. The summed E-state index contributed by atoms with van der Waals surface area (Å²) in [4.78, 5) is 22.4. The largest absolute Gasteiger partial charge is 0.462 e. The first-order valence-electron chi connectivity index (χ1n) is 10.8. The van der Waals surface area contributed by atoms with Crippen LogP contribution in [0.5, 0.6) is 0 Å². The van der Waals surface area contributed by atoms with Crippen molar-refractivity contribution >= 4 is 34.0 Å². The molecular formula is C23H32N4O2. The standard InChI is InChI=1S/C23H32N4O2/c1-4-6-7-8-9-12-15-29-23(28)19-20-22(27(21(19)24)16(3)5-2)26-18-14-11-10-13-17(18)25-20/h10-11,13-14,16H,4-9,12,15,24H2,1-3H3/t16-/m1/s1. The number of rotatable bonds is 10. The normalized spacial score (nSPS) is 12.5. The first-order valence-corrected chi connectivity index (χ1v) is 10.8. The number of unbranched alkanes of at least 4 members (excludes halogenated alkanes) is 5. The summed E-state index contributed by atoms with van der Waals surface area (Å²) in [6, 6.07) is 7.76. The molecule has 0 aliphatic rings. The van der Waals surface area contributed by atoms with Crippen molar-refractivity contribution in [3.63, 3.8) is 0 Å². The van der Waals surface area contributed by atoms with E-state index in [1.165, 1.54) is 25.7 Å². The highest BCUT2D eigenvalue weighted by Crippen LogP contribution is 2.32. The summed E-state index contributed by atoms with van der Waals surface area (Å²) in [5, 5.41) is 0. The smallest absolute Gasteiger partial charge is 0.344 e. The van der Waals surface area contributed by atoms with Crippen molar-refractivity contribution in [2.24, 2.45) is 0 Å². The van der Waals surface area contributed by atoms with Gasteiger partial charge in [-0.3, -0.25) is 0 Å². The molecule has 0 bridgehead atoms. The lowest BCUT2D eigenvalue weighted by Gasteiger charge is -2.14. The number of carbonyl (C=O) groups excluding carboxylic acids is 1. The van der Waals surface area contributed by atoms with E-state index in [0.717, 1.165) is 30.3 Å². The molecule has 1 aromatic carbocycles.